The van der Waals surface area contributed by atoms with Crippen molar-refractivity contribution in [1.29, 1.82) is 0 Å². The molecule has 124 valence electrons. The summed E-state index contributed by atoms with van der Waals surface area (Å²) in [6.45, 7) is 0. The molecule has 0 aliphatic carbocycles. The number of nitrogens with zero attached hydrogens (tertiary/aromatic N) is 1. The Hall–Kier alpha value is -2.43. The van der Waals surface area contributed by atoms with Crippen molar-refractivity contribution in [2.75, 3.05) is 27.1 Å². The second kappa shape index (κ2) is 6.99. The number of nitrogens with two attached hydrogens (primary N) is 1. The fraction of sp³-hybridized carbons (Fsp3) is 0.167. The molecular formula is C18H18N2O3Se. The number of methoxy groups -OCH3 is 3. The average Bonchev–Trinajstić information content (AvgIpc) is 3.10. The number of aromatic nitrogens is 1. The molecule has 2 N–H and O–H groups in total. The SMILES string of the molecule is COc1cc(-c2nc[se]c2-c2ccc(N)cc2)cc(OC)c1OC. The summed E-state index contributed by atoms with van der Waals surface area (Å²) >= 11 is 0.172. The Labute approximate surface area is 146 Å². The van der Waals surface area contributed by atoms with Crippen LogP contribution in [0.5, 0.6) is 17.2 Å². The summed E-state index contributed by atoms with van der Waals surface area (Å²) in [7, 11) is 4.81. The number of hydrogen-bond acceptors (Lipinski definition) is 5. The van der Waals surface area contributed by atoms with Crippen LogP contribution >= 0.6 is 0 Å². The Morgan fingerprint density at radius 1 is 0.875 bits per heavy atom. The minimum absolute atomic E-state index is 0.172. The van der Waals surface area contributed by atoms with Gasteiger partial charge in [0.2, 0.25) is 0 Å². The normalized spacial score (nSPS) is 10.5. The van der Waals surface area contributed by atoms with Gasteiger partial charge in [0.25, 0.3) is 0 Å². The molecular weight excluding hydrogens is 371 g/mol. The molecule has 3 rings (SSSR count). The number of anilines is 1. The van der Waals surface area contributed by atoms with Gasteiger partial charge in [-0.3, -0.25) is 0 Å². The van der Waals surface area contributed by atoms with Gasteiger partial charge in [-0.15, -0.1) is 0 Å². The van der Waals surface area contributed by atoms with Gasteiger partial charge < -0.3 is 0 Å². The van der Waals surface area contributed by atoms with Crippen molar-refractivity contribution in [1.82, 2.24) is 4.98 Å². The van der Waals surface area contributed by atoms with Gasteiger partial charge in [0, 0.05) is 0 Å². The van der Waals surface area contributed by atoms with Gasteiger partial charge in [0.1, 0.15) is 0 Å². The van der Waals surface area contributed by atoms with E-state index in [9.17, 15) is 0 Å². The van der Waals surface area contributed by atoms with Crippen LogP contribution in [0.2, 0.25) is 0 Å². The molecule has 0 radical (unpaired) electrons. The molecule has 2 aromatic carbocycles. The first-order valence-corrected chi connectivity index (χ1v) is 9.12. The molecule has 1 heterocycles. The second-order valence-corrected chi connectivity index (χ2v) is 6.86. The van der Waals surface area contributed by atoms with Crippen LogP contribution in [0.4, 0.5) is 5.69 Å². The standard InChI is InChI=1S/C18H18N2O3Se/c1-21-14-8-12(9-15(22-2)17(14)23-3)16-18(24-10-20-16)11-4-6-13(19)7-5-11/h4-10H,19H2,1-3H3. The van der Waals surface area contributed by atoms with Gasteiger partial charge in [-0.1, -0.05) is 0 Å². The van der Waals surface area contributed by atoms with Crippen molar-refractivity contribution < 1.29 is 14.2 Å². The molecule has 6 heteroatoms. The summed E-state index contributed by atoms with van der Waals surface area (Å²) in [5.74, 6) is 1.81. The number of rotatable bonds is 5. The molecule has 0 amide bonds. The maximum atomic E-state index is 5.79. The van der Waals surface area contributed by atoms with E-state index in [4.69, 9.17) is 19.9 Å². The third-order valence-corrected chi connectivity index (χ3v) is 5.52. The first kappa shape index (κ1) is 16.4. The summed E-state index contributed by atoms with van der Waals surface area (Å²) in [6.07, 6.45) is 0. The molecule has 0 aliphatic rings. The summed E-state index contributed by atoms with van der Waals surface area (Å²) in [6, 6.07) is 11.7. The van der Waals surface area contributed by atoms with Crippen LogP contribution in [0, 0.1) is 0 Å². The van der Waals surface area contributed by atoms with Crippen LogP contribution in [0.15, 0.2) is 41.5 Å². The van der Waals surface area contributed by atoms with Crippen LogP contribution in [0.1, 0.15) is 0 Å². The van der Waals surface area contributed by atoms with E-state index in [1.807, 2.05) is 41.5 Å². The van der Waals surface area contributed by atoms with E-state index in [-0.39, 0.29) is 14.5 Å². The van der Waals surface area contributed by atoms with Crippen molar-refractivity contribution >= 4 is 20.2 Å². The van der Waals surface area contributed by atoms with E-state index in [0.717, 1.165) is 22.5 Å². The Kier molecular flexibility index (Phi) is 4.78. The van der Waals surface area contributed by atoms with E-state index in [1.54, 1.807) is 21.3 Å². The predicted octanol–water partition coefficient (Wildman–Crippen LogP) is 3.08. The molecule has 5 nitrogen and oxygen atoms in total. The third kappa shape index (κ3) is 2.98. The number of hydrogen-bond donors (Lipinski definition) is 1. The quantitative estimate of drug-likeness (QED) is 0.537. The summed E-state index contributed by atoms with van der Waals surface area (Å²) in [4.78, 5) is 4.59. The van der Waals surface area contributed by atoms with Crippen molar-refractivity contribution in [3.8, 4) is 38.5 Å². The summed E-state index contributed by atoms with van der Waals surface area (Å²) < 4.78 is 17.5. The van der Waals surface area contributed by atoms with Crippen molar-refractivity contribution in [2.24, 2.45) is 0 Å². The fourth-order valence-electron chi connectivity index (χ4n) is 2.51. The zero-order valence-electron chi connectivity index (χ0n) is 13.7. The van der Waals surface area contributed by atoms with E-state index < -0.39 is 0 Å². The summed E-state index contributed by atoms with van der Waals surface area (Å²) in [5, 5.41) is 1.97. The van der Waals surface area contributed by atoms with Gasteiger partial charge >= 0.3 is 146 Å². The Morgan fingerprint density at radius 3 is 2.04 bits per heavy atom. The van der Waals surface area contributed by atoms with Crippen molar-refractivity contribution in [2.45, 2.75) is 0 Å². The first-order chi connectivity index (χ1) is 11.7. The van der Waals surface area contributed by atoms with E-state index in [1.165, 1.54) is 4.44 Å². The first-order valence-electron chi connectivity index (χ1n) is 7.27. The maximum absolute atomic E-state index is 5.79. The molecule has 0 fully saturated rings. The van der Waals surface area contributed by atoms with Crippen molar-refractivity contribution in [3.05, 3.63) is 41.5 Å². The number of ether oxygens (including phenoxy) is 3. The molecule has 0 saturated heterocycles. The van der Waals surface area contributed by atoms with Crippen LogP contribution in [0.3, 0.4) is 0 Å². The topological polar surface area (TPSA) is 66.6 Å². The third-order valence-electron chi connectivity index (χ3n) is 3.68. The van der Waals surface area contributed by atoms with Gasteiger partial charge in [0.15, 0.2) is 0 Å². The average molecular weight is 389 g/mol. The van der Waals surface area contributed by atoms with Crippen LogP contribution in [0.25, 0.3) is 21.3 Å². The zero-order chi connectivity index (χ0) is 17.1. The van der Waals surface area contributed by atoms with Crippen LogP contribution < -0.4 is 19.9 Å². The van der Waals surface area contributed by atoms with Gasteiger partial charge in [-0.2, -0.15) is 0 Å². The molecule has 0 atom stereocenters. The Balaban J connectivity index is 2.14. The number of benzene rings is 2. The van der Waals surface area contributed by atoms with Gasteiger partial charge in [0.05, 0.1) is 0 Å². The van der Waals surface area contributed by atoms with Gasteiger partial charge in [-0.25, -0.2) is 0 Å². The molecule has 3 aromatic rings. The summed E-state index contributed by atoms with van der Waals surface area (Å²) in [5.41, 5.74) is 9.54. The monoisotopic (exact) mass is 390 g/mol. The molecule has 0 saturated carbocycles. The van der Waals surface area contributed by atoms with Crippen LogP contribution in [-0.4, -0.2) is 40.8 Å². The van der Waals surface area contributed by atoms with E-state index in [2.05, 4.69) is 4.98 Å². The molecule has 0 spiro atoms. The second-order valence-electron chi connectivity index (χ2n) is 5.07. The fourth-order valence-corrected chi connectivity index (χ4v) is 4.22. The molecule has 0 bridgehead atoms. The van der Waals surface area contributed by atoms with E-state index >= 15 is 0 Å². The predicted molar refractivity (Wildman–Crippen MR) is 96.1 cm³/mol. The van der Waals surface area contributed by atoms with E-state index in [0.29, 0.717) is 17.2 Å². The molecule has 1 aromatic heterocycles. The Morgan fingerprint density at radius 2 is 1.50 bits per heavy atom. The van der Waals surface area contributed by atoms with Gasteiger partial charge in [-0.05, 0) is 0 Å². The molecule has 24 heavy (non-hydrogen) atoms. The van der Waals surface area contributed by atoms with Crippen LogP contribution in [-0.2, 0) is 0 Å². The zero-order valence-corrected chi connectivity index (χ0v) is 15.4. The Bertz CT molecular complexity index is 819. The minimum atomic E-state index is 0.172. The number of nitrogen functional groups attached to an aromatic ring is 1. The molecule has 0 aliphatic heterocycles. The van der Waals surface area contributed by atoms with Crippen molar-refractivity contribution in [3.63, 3.8) is 0 Å². The molecule has 0 unspecified atom stereocenters.